The van der Waals surface area contributed by atoms with Crippen LogP contribution in [0, 0.1) is 0 Å². The summed E-state index contributed by atoms with van der Waals surface area (Å²) in [5.41, 5.74) is 1.29. The summed E-state index contributed by atoms with van der Waals surface area (Å²) in [4.78, 5) is 17.5. The monoisotopic (exact) mass is 286 g/mol. The van der Waals surface area contributed by atoms with Gasteiger partial charge in [-0.2, -0.15) is 0 Å². The maximum absolute atomic E-state index is 12.2. The van der Waals surface area contributed by atoms with E-state index < -0.39 is 6.10 Å². The van der Waals surface area contributed by atoms with Crippen molar-refractivity contribution in [2.24, 2.45) is 0 Å². The summed E-state index contributed by atoms with van der Waals surface area (Å²) in [6, 6.07) is 10.4. The standard InChI is InChI=1S/C16H18N2O3/c1-18(16(20)13-7-9-17-10-8-13)11-15(19)12-3-5-14(21-2)6-4-12/h3-10,15,19H,11H2,1-2H3. The number of rotatable bonds is 5. The number of aliphatic hydroxyl groups excluding tert-OH is 1. The van der Waals surface area contributed by atoms with E-state index >= 15 is 0 Å². The predicted molar refractivity (Wildman–Crippen MR) is 79.2 cm³/mol. The van der Waals surface area contributed by atoms with Crippen LogP contribution >= 0.6 is 0 Å². The van der Waals surface area contributed by atoms with Crippen molar-refractivity contribution in [3.05, 3.63) is 59.9 Å². The molecular weight excluding hydrogens is 268 g/mol. The van der Waals surface area contributed by atoms with Crippen molar-refractivity contribution in [3.63, 3.8) is 0 Å². The summed E-state index contributed by atoms with van der Waals surface area (Å²) < 4.78 is 5.07. The van der Waals surface area contributed by atoms with Crippen molar-refractivity contribution in [2.75, 3.05) is 20.7 Å². The molecule has 110 valence electrons. The van der Waals surface area contributed by atoms with Gasteiger partial charge in [0.2, 0.25) is 0 Å². The molecule has 1 aromatic carbocycles. The molecule has 1 aromatic heterocycles. The number of likely N-dealkylation sites (N-methyl/N-ethyl adjacent to an activating group) is 1. The van der Waals surface area contributed by atoms with Crippen molar-refractivity contribution in [2.45, 2.75) is 6.10 Å². The first-order valence-corrected chi connectivity index (χ1v) is 6.59. The third-order valence-electron chi connectivity index (χ3n) is 3.22. The second kappa shape index (κ2) is 6.85. The van der Waals surface area contributed by atoms with Crippen LogP contribution in [-0.2, 0) is 0 Å². The number of hydrogen-bond acceptors (Lipinski definition) is 4. The summed E-state index contributed by atoms with van der Waals surface area (Å²) in [5, 5.41) is 10.2. The van der Waals surface area contributed by atoms with E-state index in [1.807, 2.05) is 0 Å². The molecule has 2 rings (SSSR count). The highest BCUT2D eigenvalue weighted by Crippen LogP contribution is 2.18. The maximum atomic E-state index is 12.2. The van der Waals surface area contributed by atoms with Gasteiger partial charge in [-0.3, -0.25) is 9.78 Å². The Morgan fingerprint density at radius 3 is 2.43 bits per heavy atom. The second-order valence-corrected chi connectivity index (χ2v) is 4.71. The van der Waals surface area contributed by atoms with Gasteiger partial charge in [0.15, 0.2) is 0 Å². The van der Waals surface area contributed by atoms with E-state index in [2.05, 4.69) is 4.98 Å². The van der Waals surface area contributed by atoms with Gasteiger partial charge in [-0.05, 0) is 29.8 Å². The molecule has 5 heteroatoms. The van der Waals surface area contributed by atoms with Crippen molar-refractivity contribution in [1.82, 2.24) is 9.88 Å². The second-order valence-electron chi connectivity index (χ2n) is 4.71. The molecule has 2 aromatic rings. The molecule has 1 N–H and O–H groups in total. The molecule has 21 heavy (non-hydrogen) atoms. The number of carbonyl (C=O) groups is 1. The zero-order valence-electron chi connectivity index (χ0n) is 12.1. The minimum atomic E-state index is -0.744. The summed E-state index contributed by atoms with van der Waals surface area (Å²) in [6.07, 6.45) is 2.40. The minimum absolute atomic E-state index is 0.148. The van der Waals surface area contributed by atoms with Gasteiger partial charge < -0.3 is 14.7 Å². The normalized spacial score (nSPS) is 11.8. The van der Waals surface area contributed by atoms with Gasteiger partial charge in [-0.25, -0.2) is 0 Å². The lowest BCUT2D eigenvalue weighted by atomic mass is 10.1. The summed E-state index contributed by atoms with van der Waals surface area (Å²) >= 11 is 0. The lowest BCUT2D eigenvalue weighted by Gasteiger charge is -2.21. The number of aliphatic hydroxyl groups is 1. The lowest BCUT2D eigenvalue weighted by Crippen LogP contribution is -2.31. The lowest BCUT2D eigenvalue weighted by molar-refractivity contribution is 0.0681. The molecule has 0 bridgehead atoms. The molecule has 5 nitrogen and oxygen atoms in total. The smallest absolute Gasteiger partial charge is 0.253 e. The van der Waals surface area contributed by atoms with Crippen molar-refractivity contribution < 1.29 is 14.6 Å². The van der Waals surface area contributed by atoms with E-state index in [0.29, 0.717) is 5.56 Å². The van der Waals surface area contributed by atoms with Crippen LogP contribution < -0.4 is 4.74 Å². The zero-order valence-corrected chi connectivity index (χ0v) is 12.1. The Labute approximate surface area is 123 Å². The van der Waals surface area contributed by atoms with Crippen LogP contribution in [0.15, 0.2) is 48.8 Å². The van der Waals surface area contributed by atoms with E-state index in [1.165, 1.54) is 4.90 Å². The van der Waals surface area contributed by atoms with Crippen molar-refractivity contribution in [3.8, 4) is 5.75 Å². The SMILES string of the molecule is COc1ccc(C(O)CN(C)C(=O)c2ccncc2)cc1. The third kappa shape index (κ3) is 3.79. The van der Waals surface area contributed by atoms with E-state index in [0.717, 1.165) is 11.3 Å². The summed E-state index contributed by atoms with van der Waals surface area (Å²) in [6.45, 7) is 0.216. The first-order chi connectivity index (χ1) is 10.1. The first kappa shape index (κ1) is 15.0. The Hall–Kier alpha value is -2.40. The molecule has 0 aliphatic rings. The number of methoxy groups -OCH3 is 1. The molecule has 0 aliphatic carbocycles. The van der Waals surface area contributed by atoms with Crippen LogP contribution in [0.3, 0.4) is 0 Å². The summed E-state index contributed by atoms with van der Waals surface area (Å²) in [5.74, 6) is 0.581. The third-order valence-corrected chi connectivity index (χ3v) is 3.22. The minimum Gasteiger partial charge on any atom is -0.497 e. The Kier molecular flexibility index (Phi) is 4.90. The molecular formula is C16H18N2O3. The van der Waals surface area contributed by atoms with Crippen LogP contribution in [0.2, 0.25) is 0 Å². The number of benzene rings is 1. The number of aromatic nitrogens is 1. The molecule has 1 amide bonds. The Morgan fingerprint density at radius 2 is 1.86 bits per heavy atom. The number of nitrogens with zero attached hydrogens (tertiary/aromatic N) is 2. The number of ether oxygens (including phenoxy) is 1. The number of pyridine rings is 1. The first-order valence-electron chi connectivity index (χ1n) is 6.59. The van der Waals surface area contributed by atoms with Gasteiger partial charge in [0.1, 0.15) is 5.75 Å². The average Bonchev–Trinajstić information content (AvgIpc) is 2.55. The number of amides is 1. The fourth-order valence-electron chi connectivity index (χ4n) is 1.99. The van der Waals surface area contributed by atoms with E-state index in [1.54, 1.807) is 62.9 Å². The van der Waals surface area contributed by atoms with Gasteiger partial charge in [0.25, 0.3) is 5.91 Å². The molecule has 1 unspecified atom stereocenters. The highest BCUT2D eigenvalue weighted by atomic mass is 16.5. The van der Waals surface area contributed by atoms with Crippen LogP contribution in [0.5, 0.6) is 5.75 Å². The Balaban J connectivity index is 2.01. The molecule has 0 saturated heterocycles. The molecule has 1 heterocycles. The largest absolute Gasteiger partial charge is 0.497 e. The highest BCUT2D eigenvalue weighted by Gasteiger charge is 2.16. The van der Waals surface area contributed by atoms with Crippen LogP contribution in [0.4, 0.5) is 0 Å². The van der Waals surface area contributed by atoms with Crippen LogP contribution in [-0.4, -0.2) is 41.6 Å². The molecule has 0 radical (unpaired) electrons. The fourth-order valence-corrected chi connectivity index (χ4v) is 1.99. The fraction of sp³-hybridized carbons (Fsp3) is 0.250. The molecule has 0 spiro atoms. The van der Waals surface area contributed by atoms with E-state index in [-0.39, 0.29) is 12.5 Å². The Bertz CT molecular complexity index is 584. The quantitative estimate of drug-likeness (QED) is 0.912. The molecule has 0 fully saturated rings. The van der Waals surface area contributed by atoms with Gasteiger partial charge in [-0.1, -0.05) is 12.1 Å². The van der Waals surface area contributed by atoms with Gasteiger partial charge >= 0.3 is 0 Å². The van der Waals surface area contributed by atoms with Gasteiger partial charge in [0.05, 0.1) is 19.8 Å². The van der Waals surface area contributed by atoms with Crippen molar-refractivity contribution >= 4 is 5.91 Å². The Morgan fingerprint density at radius 1 is 1.24 bits per heavy atom. The van der Waals surface area contributed by atoms with Crippen LogP contribution in [0.1, 0.15) is 22.0 Å². The van der Waals surface area contributed by atoms with Crippen LogP contribution in [0.25, 0.3) is 0 Å². The van der Waals surface area contributed by atoms with Crippen molar-refractivity contribution in [1.29, 1.82) is 0 Å². The number of hydrogen-bond donors (Lipinski definition) is 1. The van der Waals surface area contributed by atoms with E-state index in [9.17, 15) is 9.90 Å². The predicted octanol–water partition coefficient (Wildman–Crippen LogP) is 1.90. The summed E-state index contributed by atoms with van der Waals surface area (Å²) in [7, 11) is 3.25. The molecule has 0 saturated carbocycles. The molecule has 1 atom stereocenters. The molecule has 0 aliphatic heterocycles. The zero-order chi connectivity index (χ0) is 15.2. The highest BCUT2D eigenvalue weighted by molar-refractivity contribution is 5.93. The topological polar surface area (TPSA) is 62.7 Å². The average molecular weight is 286 g/mol. The number of carbonyl (C=O) groups excluding carboxylic acids is 1. The van der Waals surface area contributed by atoms with Gasteiger partial charge in [-0.15, -0.1) is 0 Å². The van der Waals surface area contributed by atoms with Gasteiger partial charge in [0, 0.05) is 25.0 Å². The maximum Gasteiger partial charge on any atom is 0.253 e. The van der Waals surface area contributed by atoms with E-state index in [4.69, 9.17) is 4.74 Å².